The molecule has 0 aliphatic heterocycles. The van der Waals surface area contributed by atoms with Crippen molar-refractivity contribution in [3.8, 4) is 0 Å². The van der Waals surface area contributed by atoms with Gasteiger partial charge in [0.2, 0.25) is 0 Å². The molecule has 6 heteroatoms. The minimum atomic E-state index is -0.149. The predicted molar refractivity (Wildman–Crippen MR) is 94.8 cm³/mol. The number of urea groups is 1. The Hall–Kier alpha value is -2.11. The van der Waals surface area contributed by atoms with Gasteiger partial charge >= 0.3 is 6.03 Å². The van der Waals surface area contributed by atoms with Crippen molar-refractivity contribution < 1.29 is 4.79 Å². The number of hydrogen-bond donors (Lipinski definition) is 1. The maximum atomic E-state index is 12.2. The summed E-state index contributed by atoms with van der Waals surface area (Å²) in [6.45, 7) is 0.885. The molecular formula is C17H16ClN3OS. The molecule has 23 heavy (non-hydrogen) atoms. The first-order chi connectivity index (χ1) is 11.1. The summed E-state index contributed by atoms with van der Waals surface area (Å²) in [6.07, 6.45) is 0. The minimum Gasteiger partial charge on any atom is -0.334 e. The van der Waals surface area contributed by atoms with Crippen LogP contribution in [-0.2, 0) is 13.1 Å². The van der Waals surface area contributed by atoms with E-state index in [1.54, 1.807) is 23.3 Å². The lowest BCUT2D eigenvalue weighted by Gasteiger charge is -2.16. The first-order valence-electron chi connectivity index (χ1n) is 7.20. The summed E-state index contributed by atoms with van der Waals surface area (Å²) in [4.78, 5) is 18.4. The number of thiazole rings is 1. The minimum absolute atomic E-state index is 0.149. The van der Waals surface area contributed by atoms with E-state index in [2.05, 4.69) is 10.3 Å². The van der Waals surface area contributed by atoms with Gasteiger partial charge in [0.25, 0.3) is 0 Å². The van der Waals surface area contributed by atoms with Crippen molar-refractivity contribution in [2.75, 3.05) is 7.05 Å². The van der Waals surface area contributed by atoms with Gasteiger partial charge in [-0.15, -0.1) is 11.3 Å². The monoisotopic (exact) mass is 345 g/mol. The van der Waals surface area contributed by atoms with Gasteiger partial charge in [0.1, 0.15) is 5.01 Å². The number of benzene rings is 2. The molecule has 0 saturated heterocycles. The van der Waals surface area contributed by atoms with E-state index in [0.29, 0.717) is 18.1 Å². The van der Waals surface area contributed by atoms with E-state index in [9.17, 15) is 4.79 Å². The van der Waals surface area contributed by atoms with Crippen LogP contribution in [0.25, 0.3) is 10.2 Å². The highest BCUT2D eigenvalue weighted by Crippen LogP contribution is 2.22. The molecular weight excluding hydrogens is 330 g/mol. The van der Waals surface area contributed by atoms with Crippen LogP contribution in [0.5, 0.6) is 0 Å². The first kappa shape index (κ1) is 15.8. The summed E-state index contributed by atoms with van der Waals surface area (Å²) < 4.78 is 1.13. The second-order valence-corrected chi connectivity index (χ2v) is 6.70. The van der Waals surface area contributed by atoms with Crippen LogP contribution >= 0.6 is 22.9 Å². The molecule has 1 aromatic heterocycles. The standard InChI is InChI=1S/C17H16ClN3OS/c1-21(11-16-20-14-8-4-5-9-15(14)23-16)17(22)19-10-12-6-2-3-7-13(12)18/h2-9H,10-11H2,1H3,(H,19,22). The topological polar surface area (TPSA) is 45.2 Å². The Morgan fingerprint density at radius 2 is 1.96 bits per heavy atom. The number of carbonyl (C=O) groups is 1. The van der Waals surface area contributed by atoms with E-state index in [1.165, 1.54) is 0 Å². The average molecular weight is 346 g/mol. The van der Waals surface area contributed by atoms with Gasteiger partial charge in [-0.25, -0.2) is 9.78 Å². The molecule has 0 spiro atoms. The zero-order chi connectivity index (χ0) is 16.2. The van der Waals surface area contributed by atoms with E-state index in [-0.39, 0.29) is 6.03 Å². The van der Waals surface area contributed by atoms with Crippen LogP contribution in [0.2, 0.25) is 5.02 Å². The molecule has 3 aromatic rings. The maximum Gasteiger partial charge on any atom is 0.317 e. The number of rotatable bonds is 4. The predicted octanol–water partition coefficient (Wildman–Crippen LogP) is 4.29. The van der Waals surface area contributed by atoms with Crippen molar-refractivity contribution >= 4 is 39.2 Å². The van der Waals surface area contributed by atoms with Crippen molar-refractivity contribution in [1.29, 1.82) is 0 Å². The quantitative estimate of drug-likeness (QED) is 0.766. The zero-order valence-corrected chi connectivity index (χ0v) is 14.2. The van der Waals surface area contributed by atoms with Crippen LogP contribution in [0.15, 0.2) is 48.5 Å². The Morgan fingerprint density at radius 3 is 2.74 bits per heavy atom. The molecule has 0 fully saturated rings. The van der Waals surface area contributed by atoms with E-state index in [1.807, 2.05) is 48.5 Å². The summed E-state index contributed by atoms with van der Waals surface area (Å²) in [5, 5.41) is 4.45. The number of nitrogens with zero attached hydrogens (tertiary/aromatic N) is 2. The largest absolute Gasteiger partial charge is 0.334 e. The van der Waals surface area contributed by atoms with Crippen LogP contribution in [0.1, 0.15) is 10.6 Å². The molecule has 0 saturated carbocycles. The third-order valence-corrected chi connectivity index (χ3v) is 4.84. The summed E-state index contributed by atoms with van der Waals surface area (Å²) >= 11 is 7.69. The van der Waals surface area contributed by atoms with Gasteiger partial charge in [0, 0.05) is 18.6 Å². The normalized spacial score (nSPS) is 10.7. The summed E-state index contributed by atoms with van der Waals surface area (Å²) in [7, 11) is 1.76. The number of hydrogen-bond acceptors (Lipinski definition) is 3. The highest BCUT2D eigenvalue weighted by molar-refractivity contribution is 7.18. The first-order valence-corrected chi connectivity index (χ1v) is 8.40. The zero-order valence-electron chi connectivity index (χ0n) is 12.6. The molecule has 0 atom stereocenters. The van der Waals surface area contributed by atoms with Crippen molar-refractivity contribution in [2.24, 2.45) is 0 Å². The molecule has 1 N–H and O–H groups in total. The Kier molecular flexibility index (Phi) is 4.79. The van der Waals surface area contributed by atoms with Crippen LogP contribution in [0, 0.1) is 0 Å². The Balaban J connectivity index is 1.60. The fourth-order valence-electron chi connectivity index (χ4n) is 2.21. The van der Waals surface area contributed by atoms with Gasteiger partial charge in [0.05, 0.1) is 16.8 Å². The molecule has 1 heterocycles. The van der Waals surface area contributed by atoms with E-state index in [4.69, 9.17) is 11.6 Å². The second kappa shape index (κ2) is 6.98. The van der Waals surface area contributed by atoms with Crippen LogP contribution in [-0.4, -0.2) is 23.0 Å². The number of amides is 2. The number of nitrogens with one attached hydrogen (secondary N) is 1. The number of aromatic nitrogens is 1. The highest BCUT2D eigenvalue weighted by atomic mass is 35.5. The Labute approximate surface area is 143 Å². The van der Waals surface area contributed by atoms with E-state index < -0.39 is 0 Å². The van der Waals surface area contributed by atoms with Gasteiger partial charge in [-0.05, 0) is 23.8 Å². The summed E-state index contributed by atoms with van der Waals surface area (Å²) in [5.41, 5.74) is 1.87. The van der Waals surface area contributed by atoms with Gasteiger partial charge in [0.15, 0.2) is 0 Å². The third-order valence-electron chi connectivity index (χ3n) is 3.45. The number of fused-ring (bicyclic) bond motifs is 1. The van der Waals surface area contributed by atoms with Crippen molar-refractivity contribution in [2.45, 2.75) is 13.1 Å². The molecule has 0 unspecified atom stereocenters. The van der Waals surface area contributed by atoms with Crippen LogP contribution < -0.4 is 5.32 Å². The molecule has 2 amide bonds. The lowest BCUT2D eigenvalue weighted by atomic mass is 10.2. The fourth-order valence-corrected chi connectivity index (χ4v) is 3.43. The molecule has 3 rings (SSSR count). The smallest absolute Gasteiger partial charge is 0.317 e. The fraction of sp³-hybridized carbons (Fsp3) is 0.176. The van der Waals surface area contributed by atoms with Gasteiger partial charge in [-0.1, -0.05) is 41.9 Å². The maximum absolute atomic E-state index is 12.2. The third kappa shape index (κ3) is 3.81. The lowest BCUT2D eigenvalue weighted by Crippen LogP contribution is -2.36. The summed E-state index contributed by atoms with van der Waals surface area (Å²) in [5.74, 6) is 0. The van der Waals surface area contributed by atoms with Crippen molar-refractivity contribution in [3.05, 3.63) is 64.1 Å². The van der Waals surface area contributed by atoms with Crippen LogP contribution in [0.3, 0.4) is 0 Å². The van der Waals surface area contributed by atoms with Crippen LogP contribution in [0.4, 0.5) is 4.79 Å². The number of carbonyl (C=O) groups excluding carboxylic acids is 1. The molecule has 0 aliphatic rings. The molecule has 2 aromatic carbocycles. The highest BCUT2D eigenvalue weighted by Gasteiger charge is 2.12. The van der Waals surface area contributed by atoms with Gasteiger partial charge < -0.3 is 10.2 Å². The number of para-hydroxylation sites is 1. The second-order valence-electron chi connectivity index (χ2n) is 5.18. The van der Waals surface area contributed by atoms with Crippen molar-refractivity contribution in [3.63, 3.8) is 0 Å². The van der Waals surface area contributed by atoms with E-state index >= 15 is 0 Å². The molecule has 118 valence electrons. The molecule has 0 aliphatic carbocycles. The average Bonchev–Trinajstić information content (AvgIpc) is 2.96. The lowest BCUT2D eigenvalue weighted by molar-refractivity contribution is 0.206. The van der Waals surface area contributed by atoms with Crippen molar-refractivity contribution in [1.82, 2.24) is 15.2 Å². The summed E-state index contributed by atoms with van der Waals surface area (Å²) in [6, 6.07) is 15.3. The van der Waals surface area contributed by atoms with Gasteiger partial charge in [-0.3, -0.25) is 0 Å². The Morgan fingerprint density at radius 1 is 1.22 bits per heavy atom. The molecule has 4 nitrogen and oxygen atoms in total. The SMILES string of the molecule is CN(Cc1nc2ccccc2s1)C(=O)NCc1ccccc1Cl. The van der Waals surface area contributed by atoms with E-state index in [0.717, 1.165) is 20.8 Å². The van der Waals surface area contributed by atoms with Gasteiger partial charge in [-0.2, -0.15) is 0 Å². The number of halogens is 1. The molecule has 0 bridgehead atoms. The molecule has 0 radical (unpaired) electrons. The Bertz CT molecular complexity index is 800.